The third-order valence-electron chi connectivity index (χ3n) is 3.48. The van der Waals surface area contributed by atoms with Crippen LogP contribution in [-0.2, 0) is 0 Å². The van der Waals surface area contributed by atoms with E-state index in [0.29, 0.717) is 23.7 Å². The van der Waals surface area contributed by atoms with E-state index in [0.717, 1.165) is 12.2 Å². The predicted molar refractivity (Wildman–Crippen MR) is 82.6 cm³/mol. The summed E-state index contributed by atoms with van der Waals surface area (Å²) in [7, 11) is 3.82. The Morgan fingerprint density at radius 1 is 1.45 bits per heavy atom. The summed E-state index contributed by atoms with van der Waals surface area (Å²) in [5.41, 5.74) is 7.89. The largest absolute Gasteiger partial charge is 0.399 e. The van der Waals surface area contributed by atoms with Crippen LogP contribution >= 0.6 is 0 Å². The van der Waals surface area contributed by atoms with Gasteiger partial charge in [-0.2, -0.15) is 0 Å². The molecule has 2 rings (SSSR count). The quantitative estimate of drug-likeness (QED) is 0.656. The van der Waals surface area contributed by atoms with Crippen molar-refractivity contribution in [2.24, 2.45) is 5.92 Å². The predicted octanol–water partition coefficient (Wildman–Crippen LogP) is 1.82. The SMILES string of the molecule is C#CCN(CC1CC1)C(=O)c1cc(N)ccc1N(C)C. The molecule has 1 aromatic rings. The number of benzene rings is 1. The van der Waals surface area contributed by atoms with E-state index in [4.69, 9.17) is 12.2 Å². The van der Waals surface area contributed by atoms with Crippen LogP contribution in [-0.4, -0.2) is 38.0 Å². The lowest BCUT2D eigenvalue weighted by molar-refractivity contribution is 0.0770. The van der Waals surface area contributed by atoms with Crippen LogP contribution in [0.2, 0.25) is 0 Å². The van der Waals surface area contributed by atoms with E-state index in [1.165, 1.54) is 12.8 Å². The molecule has 0 heterocycles. The Balaban J connectivity index is 2.29. The third kappa shape index (κ3) is 3.24. The minimum atomic E-state index is -0.0362. The van der Waals surface area contributed by atoms with Crippen molar-refractivity contribution in [3.05, 3.63) is 23.8 Å². The van der Waals surface area contributed by atoms with Crippen molar-refractivity contribution in [3.8, 4) is 12.3 Å². The molecule has 1 saturated carbocycles. The maximum atomic E-state index is 12.7. The average molecular weight is 271 g/mol. The van der Waals surface area contributed by atoms with Crippen molar-refractivity contribution < 1.29 is 4.79 Å². The molecule has 20 heavy (non-hydrogen) atoms. The number of nitrogens with two attached hydrogens (primary N) is 1. The Morgan fingerprint density at radius 3 is 2.70 bits per heavy atom. The minimum Gasteiger partial charge on any atom is -0.399 e. The zero-order valence-corrected chi connectivity index (χ0v) is 12.1. The Kier molecular flexibility index (Phi) is 4.19. The summed E-state index contributed by atoms with van der Waals surface area (Å²) in [5.74, 6) is 3.15. The van der Waals surface area contributed by atoms with E-state index in [9.17, 15) is 4.79 Å². The second-order valence-electron chi connectivity index (χ2n) is 5.50. The van der Waals surface area contributed by atoms with Gasteiger partial charge in [0.05, 0.1) is 12.1 Å². The fourth-order valence-electron chi connectivity index (χ4n) is 2.23. The van der Waals surface area contributed by atoms with Gasteiger partial charge in [-0.15, -0.1) is 6.42 Å². The van der Waals surface area contributed by atoms with Gasteiger partial charge in [0.15, 0.2) is 0 Å². The van der Waals surface area contributed by atoms with Crippen LogP contribution in [0.25, 0.3) is 0 Å². The van der Waals surface area contributed by atoms with Crippen LogP contribution in [0.4, 0.5) is 11.4 Å². The van der Waals surface area contributed by atoms with Crippen LogP contribution in [0.5, 0.6) is 0 Å². The van der Waals surface area contributed by atoms with Crippen molar-refractivity contribution in [1.82, 2.24) is 4.90 Å². The lowest BCUT2D eigenvalue weighted by Gasteiger charge is -2.24. The van der Waals surface area contributed by atoms with Crippen molar-refractivity contribution in [2.45, 2.75) is 12.8 Å². The highest BCUT2D eigenvalue weighted by molar-refractivity contribution is 6.00. The molecule has 1 aliphatic rings. The van der Waals surface area contributed by atoms with Gasteiger partial charge in [0, 0.05) is 32.0 Å². The summed E-state index contributed by atoms with van der Waals surface area (Å²) in [6, 6.07) is 5.40. The highest BCUT2D eigenvalue weighted by Gasteiger charge is 2.28. The number of hydrogen-bond acceptors (Lipinski definition) is 3. The van der Waals surface area contributed by atoms with Crippen LogP contribution in [0.3, 0.4) is 0 Å². The highest BCUT2D eigenvalue weighted by atomic mass is 16.2. The first-order valence-electron chi connectivity index (χ1n) is 6.82. The molecule has 0 bridgehead atoms. The van der Waals surface area contributed by atoms with E-state index >= 15 is 0 Å². The smallest absolute Gasteiger partial charge is 0.256 e. The molecule has 1 fully saturated rings. The average Bonchev–Trinajstić information content (AvgIpc) is 3.21. The Morgan fingerprint density at radius 2 is 2.15 bits per heavy atom. The standard InChI is InChI=1S/C16H21N3O/c1-4-9-19(11-12-5-6-12)16(20)14-10-13(17)7-8-15(14)18(2)3/h1,7-8,10,12H,5-6,9,11,17H2,2-3H3. The van der Waals surface area contributed by atoms with Gasteiger partial charge in [0.2, 0.25) is 0 Å². The number of anilines is 2. The molecule has 0 unspecified atom stereocenters. The number of carbonyl (C=O) groups excluding carboxylic acids is 1. The summed E-state index contributed by atoms with van der Waals surface area (Å²) in [5, 5.41) is 0. The number of carbonyl (C=O) groups is 1. The first-order chi connectivity index (χ1) is 9.52. The number of amides is 1. The van der Waals surface area contributed by atoms with Crippen LogP contribution in [0, 0.1) is 18.3 Å². The van der Waals surface area contributed by atoms with E-state index in [1.54, 1.807) is 17.0 Å². The molecular weight excluding hydrogens is 250 g/mol. The summed E-state index contributed by atoms with van der Waals surface area (Å²) in [6.07, 6.45) is 7.76. The number of nitrogens with zero attached hydrogens (tertiary/aromatic N) is 2. The molecular formula is C16H21N3O. The van der Waals surface area contributed by atoms with E-state index in [2.05, 4.69) is 5.92 Å². The Labute approximate surface area is 120 Å². The molecule has 0 spiro atoms. The molecule has 106 valence electrons. The summed E-state index contributed by atoms with van der Waals surface area (Å²) >= 11 is 0. The summed E-state index contributed by atoms with van der Waals surface area (Å²) in [4.78, 5) is 16.4. The van der Waals surface area contributed by atoms with Crippen LogP contribution < -0.4 is 10.6 Å². The van der Waals surface area contributed by atoms with Gasteiger partial charge < -0.3 is 15.5 Å². The van der Waals surface area contributed by atoms with Gasteiger partial charge in [-0.3, -0.25) is 4.79 Å². The van der Waals surface area contributed by atoms with E-state index < -0.39 is 0 Å². The molecule has 1 amide bonds. The van der Waals surface area contributed by atoms with Gasteiger partial charge in [-0.05, 0) is 37.0 Å². The second-order valence-corrected chi connectivity index (χ2v) is 5.50. The molecule has 1 aliphatic carbocycles. The molecule has 0 aliphatic heterocycles. The molecule has 2 N–H and O–H groups in total. The van der Waals surface area contributed by atoms with Crippen molar-refractivity contribution in [3.63, 3.8) is 0 Å². The number of terminal acetylenes is 1. The third-order valence-corrected chi connectivity index (χ3v) is 3.48. The van der Waals surface area contributed by atoms with Gasteiger partial charge in [-0.1, -0.05) is 5.92 Å². The maximum absolute atomic E-state index is 12.7. The molecule has 0 aromatic heterocycles. The fraction of sp³-hybridized carbons (Fsp3) is 0.438. The number of hydrogen-bond donors (Lipinski definition) is 1. The van der Waals surface area contributed by atoms with Crippen LogP contribution in [0.15, 0.2) is 18.2 Å². The zero-order valence-electron chi connectivity index (χ0n) is 12.1. The van der Waals surface area contributed by atoms with Crippen LogP contribution in [0.1, 0.15) is 23.2 Å². The van der Waals surface area contributed by atoms with Gasteiger partial charge in [-0.25, -0.2) is 0 Å². The zero-order chi connectivity index (χ0) is 14.7. The number of rotatable bonds is 5. The van der Waals surface area contributed by atoms with Gasteiger partial charge in [0.1, 0.15) is 0 Å². The van der Waals surface area contributed by atoms with Crippen molar-refractivity contribution in [1.29, 1.82) is 0 Å². The summed E-state index contributed by atoms with van der Waals surface area (Å²) in [6.45, 7) is 1.09. The van der Waals surface area contributed by atoms with E-state index in [-0.39, 0.29) is 5.91 Å². The van der Waals surface area contributed by atoms with Gasteiger partial charge >= 0.3 is 0 Å². The van der Waals surface area contributed by atoms with Crippen molar-refractivity contribution >= 4 is 17.3 Å². The van der Waals surface area contributed by atoms with Crippen molar-refractivity contribution in [2.75, 3.05) is 37.8 Å². The summed E-state index contributed by atoms with van der Waals surface area (Å²) < 4.78 is 0. The maximum Gasteiger partial charge on any atom is 0.256 e. The molecule has 0 saturated heterocycles. The Hall–Kier alpha value is -2.15. The lowest BCUT2D eigenvalue weighted by atomic mass is 10.1. The monoisotopic (exact) mass is 271 g/mol. The van der Waals surface area contributed by atoms with E-state index in [1.807, 2.05) is 25.1 Å². The highest BCUT2D eigenvalue weighted by Crippen LogP contribution is 2.31. The fourth-order valence-corrected chi connectivity index (χ4v) is 2.23. The second kappa shape index (κ2) is 5.87. The number of nitrogen functional groups attached to an aromatic ring is 1. The molecule has 4 heteroatoms. The first kappa shape index (κ1) is 14.3. The minimum absolute atomic E-state index is 0.0362. The molecule has 0 atom stereocenters. The normalized spacial score (nSPS) is 13.7. The molecule has 0 radical (unpaired) electrons. The lowest BCUT2D eigenvalue weighted by Crippen LogP contribution is -2.34. The topological polar surface area (TPSA) is 49.6 Å². The first-order valence-corrected chi connectivity index (χ1v) is 6.82. The Bertz CT molecular complexity index is 541. The molecule has 1 aromatic carbocycles. The van der Waals surface area contributed by atoms with Gasteiger partial charge in [0.25, 0.3) is 5.91 Å². The molecule has 4 nitrogen and oxygen atoms in total.